The molecule has 0 N–H and O–H groups in total. The van der Waals surface area contributed by atoms with Crippen LogP contribution in [0.5, 0.6) is 0 Å². The molecule has 2 aromatic carbocycles. The summed E-state index contributed by atoms with van der Waals surface area (Å²) in [6.45, 7) is 0.673. The van der Waals surface area contributed by atoms with E-state index < -0.39 is 0 Å². The summed E-state index contributed by atoms with van der Waals surface area (Å²) in [7, 11) is 0. The number of hydrogen-bond donors (Lipinski definition) is 0. The van der Waals surface area contributed by atoms with Crippen LogP contribution in [0.2, 0.25) is 10.0 Å². The van der Waals surface area contributed by atoms with Crippen molar-refractivity contribution in [3.8, 4) is 0 Å². The summed E-state index contributed by atoms with van der Waals surface area (Å²) in [6.07, 6.45) is 2.68. The summed E-state index contributed by atoms with van der Waals surface area (Å²) >= 11 is 12.0. The molecule has 0 aliphatic heterocycles. The van der Waals surface area contributed by atoms with E-state index in [0.29, 0.717) is 22.3 Å². The molecule has 0 unspecified atom stereocenters. The molecular weight excluding hydrogens is 345 g/mol. The standard InChI is InChI=1S/C18H15Cl2N3O/c19-15-7-6-14(16(20)11-15)10-18(24)17-12-23(22-21-17)9-8-13-4-2-1-3-5-13/h1-7,11-12H,8-10H2. The Balaban J connectivity index is 1.63. The third kappa shape index (κ3) is 4.22. The third-order valence-corrected chi connectivity index (χ3v) is 4.25. The summed E-state index contributed by atoms with van der Waals surface area (Å²) in [5.41, 5.74) is 2.29. The van der Waals surface area contributed by atoms with Gasteiger partial charge in [-0.1, -0.05) is 64.8 Å². The fourth-order valence-electron chi connectivity index (χ4n) is 2.35. The molecule has 122 valence electrons. The van der Waals surface area contributed by atoms with Gasteiger partial charge < -0.3 is 0 Å². The van der Waals surface area contributed by atoms with Crippen molar-refractivity contribution in [2.45, 2.75) is 19.4 Å². The molecular formula is C18H15Cl2N3O. The summed E-state index contributed by atoms with van der Waals surface area (Å²) in [6, 6.07) is 15.2. The second kappa shape index (κ2) is 7.60. The summed E-state index contributed by atoms with van der Waals surface area (Å²) in [5, 5.41) is 9.01. The molecule has 0 saturated heterocycles. The van der Waals surface area contributed by atoms with Gasteiger partial charge in [-0.15, -0.1) is 5.10 Å². The van der Waals surface area contributed by atoms with Crippen molar-refractivity contribution >= 4 is 29.0 Å². The van der Waals surface area contributed by atoms with Crippen molar-refractivity contribution in [3.63, 3.8) is 0 Å². The topological polar surface area (TPSA) is 47.8 Å². The number of ketones is 1. The first-order chi connectivity index (χ1) is 11.6. The molecule has 3 rings (SSSR count). The van der Waals surface area contributed by atoms with E-state index in [4.69, 9.17) is 23.2 Å². The molecule has 0 bridgehead atoms. The largest absolute Gasteiger partial charge is 0.292 e. The average molecular weight is 360 g/mol. The summed E-state index contributed by atoms with van der Waals surface area (Å²) in [4.78, 5) is 12.3. The first-order valence-electron chi connectivity index (χ1n) is 7.53. The number of halogens is 2. The van der Waals surface area contributed by atoms with Crippen LogP contribution in [-0.2, 0) is 19.4 Å². The van der Waals surface area contributed by atoms with E-state index in [1.54, 1.807) is 29.1 Å². The fourth-order valence-corrected chi connectivity index (χ4v) is 2.83. The molecule has 0 aliphatic rings. The maximum Gasteiger partial charge on any atom is 0.189 e. The molecule has 4 nitrogen and oxygen atoms in total. The van der Waals surface area contributed by atoms with Crippen molar-refractivity contribution in [2.75, 3.05) is 0 Å². The number of hydrogen-bond acceptors (Lipinski definition) is 3. The van der Waals surface area contributed by atoms with Crippen molar-refractivity contribution in [3.05, 3.63) is 81.6 Å². The number of nitrogens with zero attached hydrogens (tertiary/aromatic N) is 3. The zero-order valence-corrected chi connectivity index (χ0v) is 14.3. The van der Waals surface area contributed by atoms with E-state index in [1.807, 2.05) is 18.2 Å². The molecule has 6 heteroatoms. The lowest BCUT2D eigenvalue weighted by Gasteiger charge is -2.02. The van der Waals surface area contributed by atoms with E-state index in [9.17, 15) is 4.79 Å². The minimum atomic E-state index is -0.120. The number of carbonyl (C=O) groups excluding carboxylic acids is 1. The summed E-state index contributed by atoms with van der Waals surface area (Å²) < 4.78 is 1.68. The van der Waals surface area contributed by atoms with Gasteiger partial charge in [0.2, 0.25) is 0 Å². The van der Waals surface area contributed by atoms with Crippen molar-refractivity contribution in [1.82, 2.24) is 15.0 Å². The van der Waals surface area contributed by atoms with Crippen LogP contribution in [0.3, 0.4) is 0 Å². The first kappa shape index (κ1) is 16.7. The van der Waals surface area contributed by atoms with Gasteiger partial charge in [-0.2, -0.15) is 0 Å². The maximum atomic E-state index is 12.3. The van der Waals surface area contributed by atoms with Gasteiger partial charge in [0.05, 0.1) is 6.20 Å². The fraction of sp³-hybridized carbons (Fsp3) is 0.167. The lowest BCUT2D eigenvalue weighted by atomic mass is 10.1. The molecule has 24 heavy (non-hydrogen) atoms. The lowest BCUT2D eigenvalue weighted by molar-refractivity contribution is 0.0988. The molecule has 0 atom stereocenters. The Bertz CT molecular complexity index is 846. The van der Waals surface area contributed by atoms with Crippen molar-refractivity contribution in [2.24, 2.45) is 0 Å². The molecule has 0 radical (unpaired) electrons. The molecule has 0 amide bonds. The van der Waals surface area contributed by atoms with Crippen LogP contribution in [0, 0.1) is 0 Å². The lowest BCUT2D eigenvalue weighted by Crippen LogP contribution is -2.05. The van der Waals surface area contributed by atoms with Gasteiger partial charge in [0.1, 0.15) is 5.69 Å². The molecule has 3 aromatic rings. The first-order valence-corrected chi connectivity index (χ1v) is 8.28. The molecule has 0 spiro atoms. The Morgan fingerprint density at radius 2 is 1.88 bits per heavy atom. The van der Waals surface area contributed by atoms with Gasteiger partial charge in [0.25, 0.3) is 0 Å². The van der Waals surface area contributed by atoms with E-state index in [0.717, 1.165) is 12.0 Å². The van der Waals surface area contributed by atoms with Crippen molar-refractivity contribution < 1.29 is 4.79 Å². The SMILES string of the molecule is O=C(Cc1ccc(Cl)cc1Cl)c1cn(CCc2ccccc2)nn1. The predicted molar refractivity (Wildman–Crippen MR) is 94.7 cm³/mol. The van der Waals surface area contributed by atoms with Gasteiger partial charge in [-0.25, -0.2) is 0 Å². The number of benzene rings is 2. The quantitative estimate of drug-likeness (QED) is 0.618. The van der Waals surface area contributed by atoms with Crippen LogP contribution in [0.15, 0.2) is 54.7 Å². The number of Topliss-reactive ketones (excluding diaryl/α,β-unsaturated/α-hetero) is 1. The Hall–Kier alpha value is -2.17. The van der Waals surface area contributed by atoms with E-state index in [-0.39, 0.29) is 12.2 Å². The number of rotatable bonds is 6. The highest BCUT2D eigenvalue weighted by molar-refractivity contribution is 6.35. The van der Waals surface area contributed by atoms with Gasteiger partial charge in [0.15, 0.2) is 5.78 Å². The summed E-state index contributed by atoms with van der Waals surface area (Å²) in [5.74, 6) is -0.120. The molecule has 0 fully saturated rings. The number of aryl methyl sites for hydroxylation is 2. The Kier molecular flexibility index (Phi) is 5.28. The Labute approximate surface area is 150 Å². The van der Waals surface area contributed by atoms with Crippen LogP contribution < -0.4 is 0 Å². The van der Waals surface area contributed by atoms with E-state index in [1.165, 1.54) is 5.56 Å². The average Bonchev–Trinajstić information content (AvgIpc) is 3.05. The normalized spacial score (nSPS) is 10.8. The molecule has 1 heterocycles. The second-order valence-electron chi connectivity index (χ2n) is 5.44. The van der Waals surface area contributed by atoms with Crippen LogP contribution in [0.1, 0.15) is 21.6 Å². The van der Waals surface area contributed by atoms with Crippen LogP contribution >= 0.6 is 23.2 Å². The maximum absolute atomic E-state index is 12.3. The van der Waals surface area contributed by atoms with Gasteiger partial charge in [0, 0.05) is 23.0 Å². The van der Waals surface area contributed by atoms with E-state index >= 15 is 0 Å². The highest BCUT2D eigenvalue weighted by Crippen LogP contribution is 2.22. The van der Waals surface area contributed by atoms with Gasteiger partial charge >= 0.3 is 0 Å². The van der Waals surface area contributed by atoms with Gasteiger partial charge in [-0.3, -0.25) is 9.48 Å². The minimum absolute atomic E-state index is 0.120. The highest BCUT2D eigenvalue weighted by atomic mass is 35.5. The second-order valence-corrected chi connectivity index (χ2v) is 6.28. The number of aromatic nitrogens is 3. The van der Waals surface area contributed by atoms with Crippen LogP contribution in [0.25, 0.3) is 0 Å². The Morgan fingerprint density at radius 1 is 1.08 bits per heavy atom. The highest BCUT2D eigenvalue weighted by Gasteiger charge is 2.13. The monoisotopic (exact) mass is 359 g/mol. The molecule has 0 aliphatic carbocycles. The van der Waals surface area contributed by atoms with Gasteiger partial charge in [-0.05, 0) is 29.7 Å². The zero-order valence-electron chi connectivity index (χ0n) is 12.8. The molecule has 0 saturated carbocycles. The molecule has 1 aromatic heterocycles. The third-order valence-electron chi connectivity index (χ3n) is 3.66. The predicted octanol–water partition coefficient (Wildman–Crippen LogP) is 4.25. The van der Waals surface area contributed by atoms with Crippen LogP contribution in [0.4, 0.5) is 0 Å². The van der Waals surface area contributed by atoms with E-state index in [2.05, 4.69) is 22.4 Å². The van der Waals surface area contributed by atoms with Crippen molar-refractivity contribution in [1.29, 1.82) is 0 Å². The number of carbonyl (C=O) groups is 1. The Morgan fingerprint density at radius 3 is 2.62 bits per heavy atom. The van der Waals surface area contributed by atoms with Crippen LogP contribution in [-0.4, -0.2) is 20.8 Å². The smallest absolute Gasteiger partial charge is 0.189 e. The zero-order chi connectivity index (χ0) is 16.9. The minimum Gasteiger partial charge on any atom is -0.292 e.